The molecule has 4 heteroatoms. The number of rotatable bonds is 13. The van der Waals surface area contributed by atoms with Gasteiger partial charge in [-0.15, -0.1) is 0 Å². The van der Waals surface area contributed by atoms with Crippen molar-refractivity contribution in [3.05, 3.63) is 18.2 Å². The van der Waals surface area contributed by atoms with E-state index in [2.05, 4.69) is 6.92 Å². The van der Waals surface area contributed by atoms with Crippen molar-refractivity contribution >= 4 is 11.4 Å². The van der Waals surface area contributed by atoms with E-state index in [-0.39, 0.29) is 0 Å². The molecule has 0 bridgehead atoms. The maximum absolute atomic E-state index is 5.78. The van der Waals surface area contributed by atoms with Crippen LogP contribution in [-0.2, 0) is 4.89 Å². The predicted octanol–water partition coefficient (Wildman–Crippen LogP) is 5.08. The summed E-state index contributed by atoms with van der Waals surface area (Å²) < 4.78 is 0. The van der Waals surface area contributed by atoms with Crippen LogP contribution in [0.5, 0.6) is 5.75 Å². The molecule has 4 N–H and O–H groups in total. The van der Waals surface area contributed by atoms with Crippen molar-refractivity contribution in [3.63, 3.8) is 0 Å². The number of nitrogen functional groups attached to an aromatic ring is 2. The minimum Gasteiger partial charge on any atom is -0.399 e. The summed E-state index contributed by atoms with van der Waals surface area (Å²) in [5.74, 6) is 0.529. The Labute approximate surface area is 135 Å². The summed E-state index contributed by atoms with van der Waals surface area (Å²) in [6.45, 7) is 2.85. The van der Waals surface area contributed by atoms with Gasteiger partial charge in [-0.2, -0.15) is 4.89 Å². The Morgan fingerprint density at radius 3 is 2.00 bits per heavy atom. The molecule has 1 rings (SSSR count). The van der Waals surface area contributed by atoms with Gasteiger partial charge in [0, 0.05) is 5.69 Å². The van der Waals surface area contributed by atoms with Crippen LogP contribution in [0.3, 0.4) is 0 Å². The molecule has 0 aliphatic carbocycles. The second-order valence-corrected chi connectivity index (χ2v) is 5.88. The van der Waals surface area contributed by atoms with Crippen molar-refractivity contribution in [2.24, 2.45) is 0 Å². The maximum Gasteiger partial charge on any atom is 0.188 e. The van der Waals surface area contributed by atoms with Gasteiger partial charge in [0.05, 0.1) is 12.3 Å². The Morgan fingerprint density at radius 1 is 0.818 bits per heavy atom. The number of nitrogens with two attached hydrogens (primary N) is 2. The molecule has 0 heterocycles. The molecule has 0 radical (unpaired) electrons. The van der Waals surface area contributed by atoms with Crippen LogP contribution in [-0.4, -0.2) is 6.61 Å². The largest absolute Gasteiger partial charge is 0.399 e. The number of benzene rings is 1. The molecule has 0 unspecified atom stereocenters. The first-order valence-corrected chi connectivity index (χ1v) is 8.68. The third-order valence-corrected chi connectivity index (χ3v) is 3.76. The normalized spacial score (nSPS) is 10.8. The molecule has 22 heavy (non-hydrogen) atoms. The van der Waals surface area contributed by atoms with Gasteiger partial charge in [0.15, 0.2) is 5.75 Å². The van der Waals surface area contributed by atoms with Gasteiger partial charge in [-0.1, -0.05) is 64.7 Å². The Bertz CT molecular complexity index is 397. The molecular weight excluding hydrogens is 276 g/mol. The van der Waals surface area contributed by atoms with Gasteiger partial charge >= 0.3 is 0 Å². The van der Waals surface area contributed by atoms with Gasteiger partial charge in [0.2, 0.25) is 0 Å². The van der Waals surface area contributed by atoms with E-state index in [0.717, 1.165) is 6.42 Å². The molecule has 0 atom stereocenters. The van der Waals surface area contributed by atoms with Crippen LogP contribution in [0, 0.1) is 0 Å². The van der Waals surface area contributed by atoms with E-state index in [1.807, 2.05) is 0 Å². The molecule has 0 amide bonds. The molecule has 4 nitrogen and oxygen atoms in total. The van der Waals surface area contributed by atoms with E-state index in [1.54, 1.807) is 18.2 Å². The van der Waals surface area contributed by atoms with E-state index in [4.69, 9.17) is 21.2 Å². The minimum absolute atomic E-state index is 0.503. The van der Waals surface area contributed by atoms with Crippen LogP contribution < -0.4 is 16.4 Å². The molecule has 0 aromatic heterocycles. The lowest BCUT2D eigenvalue weighted by atomic mass is 10.1. The Kier molecular flexibility index (Phi) is 10.3. The van der Waals surface area contributed by atoms with Crippen molar-refractivity contribution in [1.29, 1.82) is 0 Å². The third-order valence-electron chi connectivity index (χ3n) is 3.76. The highest BCUT2D eigenvalue weighted by molar-refractivity contribution is 5.60. The van der Waals surface area contributed by atoms with Crippen LogP contribution in [0.2, 0.25) is 0 Å². The van der Waals surface area contributed by atoms with Gasteiger partial charge in [0.1, 0.15) is 0 Å². The minimum atomic E-state index is 0.503. The summed E-state index contributed by atoms with van der Waals surface area (Å²) in [4.78, 5) is 10.4. The highest BCUT2D eigenvalue weighted by Crippen LogP contribution is 2.23. The molecule has 0 fully saturated rings. The van der Waals surface area contributed by atoms with Gasteiger partial charge in [-0.3, -0.25) is 0 Å². The fourth-order valence-corrected chi connectivity index (χ4v) is 2.40. The zero-order chi connectivity index (χ0) is 16.0. The van der Waals surface area contributed by atoms with Gasteiger partial charge in [0.25, 0.3) is 0 Å². The first-order valence-electron chi connectivity index (χ1n) is 8.68. The Morgan fingerprint density at radius 2 is 1.41 bits per heavy atom. The first-order chi connectivity index (χ1) is 10.7. The van der Waals surface area contributed by atoms with Crippen molar-refractivity contribution < 1.29 is 9.78 Å². The lowest BCUT2D eigenvalue weighted by Crippen LogP contribution is -2.02. The summed E-state index contributed by atoms with van der Waals surface area (Å²) in [5.41, 5.74) is 12.5. The standard InChI is InChI=1S/C18H32N2O2/c1-2-3-4-5-6-7-8-9-10-11-14-21-22-18-13-12-16(19)15-17(18)20/h12-13,15H,2-11,14,19-20H2,1H3. The van der Waals surface area contributed by atoms with E-state index >= 15 is 0 Å². The molecular formula is C18H32N2O2. The van der Waals surface area contributed by atoms with Crippen LogP contribution in [0.4, 0.5) is 11.4 Å². The molecule has 0 aliphatic heterocycles. The molecule has 0 saturated heterocycles. The lowest BCUT2D eigenvalue weighted by Gasteiger charge is -2.08. The Balaban J connectivity index is 1.89. The van der Waals surface area contributed by atoms with Gasteiger partial charge in [-0.25, -0.2) is 0 Å². The molecule has 0 spiro atoms. The summed E-state index contributed by atoms with van der Waals surface area (Å²) in [6.07, 6.45) is 13.1. The lowest BCUT2D eigenvalue weighted by molar-refractivity contribution is -0.206. The van der Waals surface area contributed by atoms with Crippen LogP contribution in [0.1, 0.15) is 71.1 Å². The highest BCUT2D eigenvalue weighted by Gasteiger charge is 2.01. The summed E-state index contributed by atoms with van der Waals surface area (Å²) in [6, 6.07) is 5.14. The van der Waals surface area contributed by atoms with Crippen molar-refractivity contribution in [1.82, 2.24) is 0 Å². The predicted molar refractivity (Wildman–Crippen MR) is 93.7 cm³/mol. The number of hydrogen-bond donors (Lipinski definition) is 2. The van der Waals surface area contributed by atoms with Crippen molar-refractivity contribution in [3.8, 4) is 5.75 Å². The monoisotopic (exact) mass is 308 g/mol. The smallest absolute Gasteiger partial charge is 0.188 e. The quantitative estimate of drug-likeness (QED) is 0.231. The summed E-state index contributed by atoms with van der Waals surface area (Å²) in [7, 11) is 0. The Hall–Kier alpha value is -1.42. The van der Waals surface area contributed by atoms with Crippen molar-refractivity contribution in [2.75, 3.05) is 18.1 Å². The van der Waals surface area contributed by atoms with Gasteiger partial charge in [-0.05, 0) is 24.6 Å². The first kappa shape index (κ1) is 18.6. The summed E-state index contributed by atoms with van der Waals surface area (Å²) >= 11 is 0. The SMILES string of the molecule is CCCCCCCCCCCCOOc1ccc(N)cc1N. The van der Waals surface area contributed by atoms with E-state index in [9.17, 15) is 0 Å². The maximum atomic E-state index is 5.78. The highest BCUT2D eigenvalue weighted by atomic mass is 17.2. The fraction of sp³-hybridized carbons (Fsp3) is 0.667. The van der Waals surface area contributed by atoms with Gasteiger partial charge < -0.3 is 16.4 Å². The summed E-state index contributed by atoms with van der Waals surface area (Å²) in [5, 5.41) is 0. The second-order valence-electron chi connectivity index (χ2n) is 5.88. The molecule has 0 aliphatic rings. The number of unbranched alkanes of at least 4 members (excludes halogenated alkanes) is 9. The fourth-order valence-electron chi connectivity index (χ4n) is 2.40. The van der Waals surface area contributed by atoms with E-state index in [0.29, 0.717) is 23.7 Å². The van der Waals surface area contributed by atoms with Crippen LogP contribution >= 0.6 is 0 Å². The van der Waals surface area contributed by atoms with Crippen LogP contribution in [0.25, 0.3) is 0 Å². The molecule has 126 valence electrons. The second kappa shape index (κ2) is 12.2. The van der Waals surface area contributed by atoms with E-state index < -0.39 is 0 Å². The average molecular weight is 308 g/mol. The molecule has 1 aromatic carbocycles. The number of hydrogen-bond acceptors (Lipinski definition) is 4. The topological polar surface area (TPSA) is 70.5 Å². The number of anilines is 2. The average Bonchev–Trinajstić information content (AvgIpc) is 2.50. The van der Waals surface area contributed by atoms with Crippen LogP contribution in [0.15, 0.2) is 18.2 Å². The molecule has 0 saturated carbocycles. The zero-order valence-electron chi connectivity index (χ0n) is 14.0. The molecule has 1 aromatic rings. The zero-order valence-corrected chi connectivity index (χ0v) is 14.0. The van der Waals surface area contributed by atoms with E-state index in [1.165, 1.54) is 57.8 Å². The third kappa shape index (κ3) is 8.78. The van der Waals surface area contributed by atoms with Crippen molar-refractivity contribution in [2.45, 2.75) is 71.1 Å².